The smallest absolute Gasteiger partial charge is 0.123 e. The van der Waals surface area contributed by atoms with E-state index < -0.39 is 0 Å². The van der Waals surface area contributed by atoms with Crippen LogP contribution in [0.15, 0.2) is 40.8 Å². The average molecular weight is 384 g/mol. The maximum absolute atomic E-state index is 5.94. The Morgan fingerprint density at radius 3 is 2.61 bits per heavy atom. The number of furan rings is 1. The average Bonchev–Trinajstić information content (AvgIpc) is 3.15. The summed E-state index contributed by atoms with van der Waals surface area (Å²) in [5.41, 5.74) is 2.75. The summed E-state index contributed by atoms with van der Waals surface area (Å²) in [7, 11) is 4.49. The number of piperidine rings is 1. The van der Waals surface area contributed by atoms with Crippen molar-refractivity contribution in [3.8, 4) is 0 Å². The van der Waals surface area contributed by atoms with Crippen LogP contribution in [0.2, 0.25) is 0 Å². The molecule has 0 aliphatic carbocycles. The first-order chi connectivity index (χ1) is 13.6. The van der Waals surface area contributed by atoms with Gasteiger partial charge in [0.05, 0.1) is 19.3 Å². The van der Waals surface area contributed by atoms with Gasteiger partial charge in [0.1, 0.15) is 11.5 Å². The molecule has 0 radical (unpaired) electrons. The first-order valence-electron chi connectivity index (χ1n) is 10.5. The number of benzene rings is 1. The summed E-state index contributed by atoms with van der Waals surface area (Å²) in [4.78, 5) is 7.44. The van der Waals surface area contributed by atoms with Gasteiger partial charge in [-0.2, -0.15) is 0 Å². The van der Waals surface area contributed by atoms with Crippen molar-refractivity contribution in [3.05, 3.63) is 53.5 Å². The monoisotopic (exact) mass is 383 g/mol. The van der Waals surface area contributed by atoms with Gasteiger partial charge in [0.15, 0.2) is 0 Å². The van der Waals surface area contributed by atoms with Crippen molar-refractivity contribution in [1.82, 2.24) is 9.80 Å². The number of likely N-dealkylation sites (tertiary alicyclic amines) is 1. The molecule has 2 aromatic rings. The molecule has 3 heterocycles. The Morgan fingerprint density at radius 1 is 1.07 bits per heavy atom. The quantitative estimate of drug-likeness (QED) is 0.786. The van der Waals surface area contributed by atoms with E-state index in [2.05, 4.69) is 59.1 Å². The van der Waals surface area contributed by atoms with Crippen molar-refractivity contribution in [2.45, 2.75) is 38.4 Å². The highest BCUT2D eigenvalue weighted by atomic mass is 16.5. The minimum Gasteiger partial charge on any atom is -0.465 e. The van der Waals surface area contributed by atoms with Crippen LogP contribution < -0.4 is 4.90 Å². The Balaban J connectivity index is 1.52. The summed E-state index contributed by atoms with van der Waals surface area (Å²) in [5, 5.41) is 0. The van der Waals surface area contributed by atoms with Gasteiger partial charge in [-0.15, -0.1) is 0 Å². The zero-order chi connectivity index (χ0) is 19.5. The standard InChI is InChI=1S/C23H33N3O2/c1-18-8-9-23(28-18)22-17-27-15-14-26(22)16-19-6-4-5-7-21(19)25(3)20-10-12-24(2)13-11-20/h4-9,20,22H,10-17H2,1-3H3/t22-/m1/s1. The van der Waals surface area contributed by atoms with Crippen molar-refractivity contribution in [1.29, 1.82) is 0 Å². The van der Waals surface area contributed by atoms with E-state index >= 15 is 0 Å². The van der Waals surface area contributed by atoms with Gasteiger partial charge < -0.3 is 19.0 Å². The molecule has 0 unspecified atom stereocenters. The summed E-state index contributed by atoms with van der Waals surface area (Å²) >= 11 is 0. The molecule has 0 amide bonds. The number of anilines is 1. The zero-order valence-electron chi connectivity index (χ0n) is 17.4. The molecule has 2 aliphatic heterocycles. The maximum Gasteiger partial charge on any atom is 0.123 e. The number of aryl methyl sites for hydroxylation is 1. The number of rotatable bonds is 5. The molecule has 4 rings (SSSR count). The fraction of sp³-hybridized carbons (Fsp3) is 0.565. The van der Waals surface area contributed by atoms with Crippen LogP contribution in [0.1, 0.15) is 36.0 Å². The van der Waals surface area contributed by atoms with Crippen LogP contribution in [0, 0.1) is 6.92 Å². The first kappa shape index (κ1) is 19.5. The lowest BCUT2D eigenvalue weighted by atomic mass is 10.0. The van der Waals surface area contributed by atoms with E-state index in [9.17, 15) is 0 Å². The van der Waals surface area contributed by atoms with E-state index in [4.69, 9.17) is 9.15 Å². The number of hydrogen-bond donors (Lipinski definition) is 0. The molecular formula is C23H33N3O2. The molecule has 0 spiro atoms. The van der Waals surface area contributed by atoms with Crippen molar-refractivity contribution >= 4 is 5.69 Å². The molecular weight excluding hydrogens is 350 g/mol. The topological polar surface area (TPSA) is 32.1 Å². The van der Waals surface area contributed by atoms with Gasteiger partial charge >= 0.3 is 0 Å². The molecule has 5 nitrogen and oxygen atoms in total. The Kier molecular flexibility index (Phi) is 6.04. The summed E-state index contributed by atoms with van der Waals surface area (Å²) < 4.78 is 11.7. The van der Waals surface area contributed by atoms with Crippen molar-refractivity contribution < 1.29 is 9.15 Å². The van der Waals surface area contributed by atoms with E-state index in [0.29, 0.717) is 12.6 Å². The van der Waals surface area contributed by atoms with E-state index in [0.717, 1.165) is 31.2 Å². The van der Waals surface area contributed by atoms with Crippen LogP contribution in [0.5, 0.6) is 0 Å². The lowest BCUT2D eigenvalue weighted by molar-refractivity contribution is -0.0204. The van der Waals surface area contributed by atoms with E-state index in [1.54, 1.807) is 0 Å². The molecule has 2 fully saturated rings. The van der Waals surface area contributed by atoms with Gasteiger partial charge in [0, 0.05) is 31.9 Å². The molecule has 1 atom stereocenters. The van der Waals surface area contributed by atoms with Gasteiger partial charge in [-0.25, -0.2) is 0 Å². The molecule has 2 aliphatic rings. The zero-order valence-corrected chi connectivity index (χ0v) is 17.4. The maximum atomic E-state index is 5.94. The molecule has 0 N–H and O–H groups in total. The van der Waals surface area contributed by atoms with Crippen LogP contribution >= 0.6 is 0 Å². The molecule has 5 heteroatoms. The van der Waals surface area contributed by atoms with Crippen LogP contribution in [-0.4, -0.2) is 62.8 Å². The third-order valence-electron chi connectivity index (χ3n) is 6.31. The van der Waals surface area contributed by atoms with Crippen LogP contribution in [0.25, 0.3) is 0 Å². The fourth-order valence-corrected chi connectivity index (χ4v) is 4.51. The first-order valence-corrected chi connectivity index (χ1v) is 10.5. The van der Waals surface area contributed by atoms with E-state index in [-0.39, 0.29) is 6.04 Å². The van der Waals surface area contributed by atoms with Gasteiger partial charge in [0.25, 0.3) is 0 Å². The normalized spacial score (nSPS) is 22.5. The van der Waals surface area contributed by atoms with Gasteiger partial charge in [-0.3, -0.25) is 4.90 Å². The summed E-state index contributed by atoms with van der Waals surface area (Å²) in [6, 6.07) is 13.8. The SMILES string of the molecule is Cc1ccc([C@H]2COCCN2Cc2ccccc2N(C)C2CCN(C)CC2)o1. The van der Waals surface area contributed by atoms with Crippen molar-refractivity contribution in [2.24, 2.45) is 0 Å². The number of nitrogens with zero attached hydrogens (tertiary/aromatic N) is 3. The molecule has 1 aromatic carbocycles. The molecule has 0 bridgehead atoms. The Hall–Kier alpha value is -1.82. The Morgan fingerprint density at radius 2 is 1.86 bits per heavy atom. The van der Waals surface area contributed by atoms with Crippen molar-refractivity contribution in [2.75, 3.05) is 51.8 Å². The van der Waals surface area contributed by atoms with Crippen molar-refractivity contribution in [3.63, 3.8) is 0 Å². The molecule has 1 aromatic heterocycles. The predicted octanol–water partition coefficient (Wildman–Crippen LogP) is 3.69. The van der Waals surface area contributed by atoms with Gasteiger partial charge in [-0.1, -0.05) is 18.2 Å². The summed E-state index contributed by atoms with van der Waals surface area (Å²) in [5.74, 6) is 1.97. The van der Waals surface area contributed by atoms with Crippen LogP contribution in [0.3, 0.4) is 0 Å². The van der Waals surface area contributed by atoms with Gasteiger partial charge in [0.2, 0.25) is 0 Å². The van der Waals surface area contributed by atoms with E-state index in [1.165, 1.54) is 37.2 Å². The molecule has 28 heavy (non-hydrogen) atoms. The number of para-hydroxylation sites is 1. The third kappa shape index (κ3) is 4.27. The summed E-state index contributed by atoms with van der Waals surface area (Å²) in [6.07, 6.45) is 2.46. The number of morpholine rings is 1. The number of hydrogen-bond acceptors (Lipinski definition) is 5. The number of ether oxygens (including phenoxy) is 1. The second-order valence-electron chi connectivity index (χ2n) is 8.28. The lowest BCUT2D eigenvalue weighted by Crippen LogP contribution is -2.43. The third-order valence-corrected chi connectivity index (χ3v) is 6.31. The van der Waals surface area contributed by atoms with Crippen LogP contribution in [0.4, 0.5) is 5.69 Å². The highest BCUT2D eigenvalue weighted by Crippen LogP contribution is 2.31. The predicted molar refractivity (Wildman–Crippen MR) is 113 cm³/mol. The second kappa shape index (κ2) is 8.68. The highest BCUT2D eigenvalue weighted by Gasteiger charge is 2.29. The van der Waals surface area contributed by atoms with Crippen LogP contribution in [-0.2, 0) is 11.3 Å². The lowest BCUT2D eigenvalue weighted by Gasteiger charge is -2.39. The molecule has 2 saturated heterocycles. The Labute approximate surface area is 168 Å². The van der Waals surface area contributed by atoms with E-state index in [1.807, 2.05) is 13.0 Å². The van der Waals surface area contributed by atoms with Gasteiger partial charge in [-0.05, 0) is 63.7 Å². The highest BCUT2D eigenvalue weighted by molar-refractivity contribution is 5.54. The Bertz CT molecular complexity index is 767. The minimum absolute atomic E-state index is 0.184. The fourth-order valence-electron chi connectivity index (χ4n) is 4.51. The minimum atomic E-state index is 0.184. The molecule has 0 saturated carbocycles. The molecule has 152 valence electrons. The second-order valence-corrected chi connectivity index (χ2v) is 8.28. The summed E-state index contributed by atoms with van der Waals surface area (Å²) in [6.45, 7) is 7.69. The largest absolute Gasteiger partial charge is 0.465 e.